The predicted octanol–water partition coefficient (Wildman–Crippen LogP) is 3.51. The molecule has 0 aromatic heterocycles. The van der Waals surface area contributed by atoms with Gasteiger partial charge in [-0.2, -0.15) is 0 Å². The van der Waals surface area contributed by atoms with E-state index in [2.05, 4.69) is 27.9 Å². The molecule has 1 aliphatic heterocycles. The second-order valence-corrected chi connectivity index (χ2v) is 8.02. The fraction of sp³-hybridized carbons (Fsp3) is 0.333. The Kier molecular flexibility index (Phi) is 7.23. The standard InChI is InChI=1S/C21H22INO4/c22-17-12-7-13-26-21(17)27-20(25)18(14-15-8-3-1-4-9-15)23-19(24)16-10-5-2-6-11-16/h1-6,8-11,17-18,21H,7,12-14H2,(H,23,24)/t17-,18-,21+/m0/s1. The van der Waals surface area contributed by atoms with Crippen molar-refractivity contribution in [1.29, 1.82) is 0 Å². The molecule has 0 bridgehead atoms. The Morgan fingerprint density at radius 1 is 1.11 bits per heavy atom. The summed E-state index contributed by atoms with van der Waals surface area (Å²) in [4.78, 5) is 25.4. The molecule has 27 heavy (non-hydrogen) atoms. The maximum atomic E-state index is 12.8. The third-order valence-corrected chi connectivity index (χ3v) is 5.55. The van der Waals surface area contributed by atoms with Crippen LogP contribution >= 0.6 is 22.6 Å². The highest BCUT2D eigenvalue weighted by atomic mass is 127. The fourth-order valence-electron chi connectivity index (χ4n) is 2.90. The molecule has 2 aromatic carbocycles. The molecule has 0 radical (unpaired) electrons. The van der Waals surface area contributed by atoms with Gasteiger partial charge in [-0.05, 0) is 30.5 Å². The van der Waals surface area contributed by atoms with Crippen molar-refractivity contribution in [2.24, 2.45) is 0 Å². The lowest BCUT2D eigenvalue weighted by Crippen LogP contribution is -2.46. The van der Waals surface area contributed by atoms with Crippen molar-refractivity contribution >= 4 is 34.5 Å². The number of rotatable bonds is 6. The SMILES string of the molecule is O=C(N[C@@H](Cc1ccccc1)C(=O)O[C@H]1OCCC[C@@H]1I)c1ccccc1. The number of hydrogen-bond donors (Lipinski definition) is 1. The maximum absolute atomic E-state index is 12.8. The monoisotopic (exact) mass is 479 g/mol. The van der Waals surface area contributed by atoms with E-state index in [1.54, 1.807) is 24.3 Å². The van der Waals surface area contributed by atoms with Crippen molar-refractivity contribution in [3.63, 3.8) is 0 Å². The minimum Gasteiger partial charge on any atom is -0.433 e. The third kappa shape index (κ3) is 5.77. The van der Waals surface area contributed by atoms with Crippen molar-refractivity contribution in [2.75, 3.05) is 6.61 Å². The maximum Gasteiger partial charge on any atom is 0.331 e. The number of esters is 1. The summed E-state index contributed by atoms with van der Waals surface area (Å²) < 4.78 is 11.3. The van der Waals surface area contributed by atoms with Gasteiger partial charge in [0.1, 0.15) is 6.04 Å². The number of hydrogen-bond acceptors (Lipinski definition) is 4. The highest BCUT2D eigenvalue weighted by Crippen LogP contribution is 2.23. The van der Waals surface area contributed by atoms with E-state index in [0.717, 1.165) is 18.4 Å². The van der Waals surface area contributed by atoms with Crippen LogP contribution in [0.2, 0.25) is 0 Å². The summed E-state index contributed by atoms with van der Waals surface area (Å²) in [5.41, 5.74) is 1.45. The van der Waals surface area contributed by atoms with Gasteiger partial charge in [-0.25, -0.2) is 4.79 Å². The van der Waals surface area contributed by atoms with Gasteiger partial charge >= 0.3 is 5.97 Å². The topological polar surface area (TPSA) is 64.6 Å². The Hall–Kier alpha value is -1.93. The number of carbonyl (C=O) groups is 2. The van der Waals surface area contributed by atoms with Crippen LogP contribution < -0.4 is 5.32 Å². The zero-order valence-corrected chi connectivity index (χ0v) is 17.0. The van der Waals surface area contributed by atoms with Crippen molar-refractivity contribution in [3.8, 4) is 0 Å². The van der Waals surface area contributed by atoms with E-state index in [0.29, 0.717) is 18.6 Å². The normalized spacial score (nSPS) is 20.5. The quantitative estimate of drug-likeness (QED) is 0.392. The predicted molar refractivity (Wildman–Crippen MR) is 111 cm³/mol. The number of nitrogens with one attached hydrogen (secondary N) is 1. The van der Waals surface area contributed by atoms with Gasteiger partial charge in [0.2, 0.25) is 6.29 Å². The van der Waals surface area contributed by atoms with Gasteiger partial charge in [-0.3, -0.25) is 4.79 Å². The number of ether oxygens (including phenoxy) is 2. The van der Waals surface area contributed by atoms with Crippen molar-refractivity contribution < 1.29 is 19.1 Å². The molecule has 1 fully saturated rings. The van der Waals surface area contributed by atoms with Gasteiger partial charge in [0.25, 0.3) is 5.91 Å². The van der Waals surface area contributed by atoms with E-state index in [-0.39, 0.29) is 9.83 Å². The number of halogens is 1. The molecule has 1 aliphatic rings. The summed E-state index contributed by atoms with van der Waals surface area (Å²) in [6, 6.07) is 17.6. The summed E-state index contributed by atoms with van der Waals surface area (Å²) in [5, 5.41) is 2.81. The molecule has 0 aliphatic carbocycles. The molecule has 6 heteroatoms. The van der Waals surface area contributed by atoms with Crippen molar-refractivity contribution in [2.45, 2.75) is 35.5 Å². The van der Waals surface area contributed by atoms with Crippen LogP contribution in [0.15, 0.2) is 60.7 Å². The van der Waals surface area contributed by atoms with E-state index in [1.165, 1.54) is 0 Å². The van der Waals surface area contributed by atoms with Crippen LogP contribution in [0.25, 0.3) is 0 Å². The Labute approximate surface area is 172 Å². The molecule has 0 unspecified atom stereocenters. The molecular formula is C21H22INO4. The van der Waals surface area contributed by atoms with Crippen LogP contribution in [-0.4, -0.2) is 34.7 Å². The number of amides is 1. The summed E-state index contributed by atoms with van der Waals surface area (Å²) >= 11 is 2.24. The lowest BCUT2D eigenvalue weighted by molar-refractivity contribution is -0.185. The second-order valence-electron chi connectivity index (χ2n) is 6.42. The number of alkyl halides is 1. The molecule has 2 aromatic rings. The molecule has 1 N–H and O–H groups in total. The zero-order valence-electron chi connectivity index (χ0n) is 14.8. The Morgan fingerprint density at radius 2 is 1.78 bits per heavy atom. The summed E-state index contributed by atoms with van der Waals surface area (Å²) in [7, 11) is 0. The summed E-state index contributed by atoms with van der Waals surface area (Å²) in [6.45, 7) is 0.581. The van der Waals surface area contributed by atoms with E-state index in [4.69, 9.17) is 9.47 Å². The van der Waals surface area contributed by atoms with Crippen LogP contribution in [0.4, 0.5) is 0 Å². The molecule has 1 saturated heterocycles. The Morgan fingerprint density at radius 3 is 2.44 bits per heavy atom. The molecule has 5 nitrogen and oxygen atoms in total. The molecule has 1 amide bonds. The minimum absolute atomic E-state index is 0.113. The van der Waals surface area contributed by atoms with Crippen LogP contribution in [-0.2, 0) is 20.7 Å². The molecule has 3 atom stereocenters. The van der Waals surface area contributed by atoms with E-state index < -0.39 is 18.3 Å². The molecule has 0 spiro atoms. The average Bonchev–Trinajstić information content (AvgIpc) is 2.70. The van der Waals surface area contributed by atoms with Crippen molar-refractivity contribution in [1.82, 2.24) is 5.32 Å². The van der Waals surface area contributed by atoms with E-state index >= 15 is 0 Å². The first kappa shape index (κ1) is 19.8. The lowest BCUT2D eigenvalue weighted by atomic mass is 10.1. The van der Waals surface area contributed by atoms with Crippen molar-refractivity contribution in [3.05, 3.63) is 71.8 Å². The zero-order chi connectivity index (χ0) is 19.1. The molecule has 3 rings (SSSR count). The minimum atomic E-state index is -0.783. The van der Waals surface area contributed by atoms with Gasteiger partial charge in [0.05, 0.1) is 10.5 Å². The first-order valence-electron chi connectivity index (χ1n) is 8.99. The Bertz CT molecular complexity index is 753. The fourth-order valence-corrected chi connectivity index (χ4v) is 3.69. The second kappa shape index (κ2) is 9.85. The highest BCUT2D eigenvalue weighted by Gasteiger charge is 2.31. The average molecular weight is 479 g/mol. The van der Waals surface area contributed by atoms with E-state index in [1.807, 2.05) is 36.4 Å². The lowest BCUT2D eigenvalue weighted by Gasteiger charge is -2.29. The summed E-state index contributed by atoms with van der Waals surface area (Å²) in [5.74, 6) is -0.777. The van der Waals surface area contributed by atoms with Crippen LogP contribution in [0.1, 0.15) is 28.8 Å². The first-order valence-corrected chi connectivity index (χ1v) is 10.2. The van der Waals surface area contributed by atoms with Gasteiger partial charge < -0.3 is 14.8 Å². The van der Waals surface area contributed by atoms with Crippen LogP contribution in [0.5, 0.6) is 0 Å². The van der Waals surface area contributed by atoms with Gasteiger partial charge in [0, 0.05) is 12.0 Å². The Balaban J connectivity index is 1.72. The largest absolute Gasteiger partial charge is 0.433 e. The molecule has 142 valence electrons. The van der Waals surface area contributed by atoms with Crippen LogP contribution in [0.3, 0.4) is 0 Å². The van der Waals surface area contributed by atoms with Gasteiger partial charge in [-0.15, -0.1) is 0 Å². The van der Waals surface area contributed by atoms with Crippen LogP contribution in [0, 0.1) is 0 Å². The first-order chi connectivity index (χ1) is 13.1. The van der Waals surface area contributed by atoms with E-state index in [9.17, 15) is 9.59 Å². The highest BCUT2D eigenvalue weighted by molar-refractivity contribution is 14.1. The third-order valence-electron chi connectivity index (χ3n) is 4.34. The summed E-state index contributed by atoms with van der Waals surface area (Å²) in [6.07, 6.45) is 1.69. The molecule has 1 heterocycles. The molecule has 0 saturated carbocycles. The smallest absolute Gasteiger partial charge is 0.331 e. The van der Waals surface area contributed by atoms with Gasteiger partial charge in [0.15, 0.2) is 0 Å². The number of carbonyl (C=O) groups excluding carboxylic acids is 2. The number of benzene rings is 2. The molecular weight excluding hydrogens is 457 g/mol. The van der Waals surface area contributed by atoms with Gasteiger partial charge in [-0.1, -0.05) is 71.1 Å².